The van der Waals surface area contributed by atoms with Crippen LogP contribution in [0.15, 0.2) is 12.7 Å². The van der Waals surface area contributed by atoms with Crippen molar-refractivity contribution in [2.45, 2.75) is 56.8 Å². The molecule has 2 fully saturated rings. The first kappa shape index (κ1) is 14.9. The van der Waals surface area contributed by atoms with Crippen molar-refractivity contribution in [2.24, 2.45) is 0 Å². The lowest BCUT2D eigenvalue weighted by molar-refractivity contribution is -0.271. The monoisotopic (exact) mass is 274 g/mol. The molecule has 110 valence electrons. The van der Waals surface area contributed by atoms with Crippen molar-refractivity contribution in [1.29, 1.82) is 0 Å². The minimum Gasteiger partial charge on any atom is -0.365 e. The average molecular weight is 274 g/mol. The molecule has 2 aliphatic rings. The van der Waals surface area contributed by atoms with Gasteiger partial charge in [0.15, 0.2) is 17.7 Å². The van der Waals surface area contributed by atoms with Crippen LogP contribution in [-0.4, -0.2) is 55.0 Å². The number of aliphatic hydroxyl groups excluding tert-OH is 1. The van der Waals surface area contributed by atoms with E-state index in [4.69, 9.17) is 23.7 Å². The highest BCUT2D eigenvalue weighted by molar-refractivity contribution is 5.13. The number of ether oxygens (including phenoxy) is 5. The lowest BCUT2D eigenvalue weighted by atomic mass is 9.90. The molecule has 2 rings (SSSR count). The van der Waals surface area contributed by atoms with Crippen LogP contribution < -0.4 is 0 Å². The minimum absolute atomic E-state index is 0.102. The largest absolute Gasteiger partial charge is 0.365 e. The molecule has 0 aromatic heterocycles. The summed E-state index contributed by atoms with van der Waals surface area (Å²) in [7, 11) is 1.53. The lowest BCUT2D eigenvalue weighted by Crippen LogP contribution is -2.56. The molecule has 6 heteroatoms. The standard InChI is InChI=1S/C13H22O6/c1-6-9-10-13(11(14)17-9,8(2)16-7-15-5)19-12(3,4)18-10/h6,8-11,14H,1,7H2,2-5H3/t8-,9-,10-,11?,13-/m0/s1. The van der Waals surface area contributed by atoms with Gasteiger partial charge in [-0.05, 0) is 20.8 Å². The second kappa shape index (κ2) is 5.12. The second-order valence-electron chi connectivity index (χ2n) is 5.30. The highest BCUT2D eigenvalue weighted by atomic mass is 16.8. The predicted molar refractivity (Wildman–Crippen MR) is 66.3 cm³/mol. The molecule has 1 unspecified atom stereocenters. The summed E-state index contributed by atoms with van der Waals surface area (Å²) in [6, 6.07) is 0. The van der Waals surface area contributed by atoms with E-state index in [9.17, 15) is 5.11 Å². The smallest absolute Gasteiger partial charge is 0.190 e. The van der Waals surface area contributed by atoms with Gasteiger partial charge < -0.3 is 28.8 Å². The molecular weight excluding hydrogens is 252 g/mol. The van der Waals surface area contributed by atoms with E-state index in [0.717, 1.165) is 0 Å². The number of methoxy groups -OCH3 is 1. The first-order chi connectivity index (χ1) is 8.87. The SMILES string of the molecule is C=C[C@@H]1OC(O)[C@@]2([C@H](C)OCOC)OC(C)(C)O[C@@H]12. The zero-order valence-corrected chi connectivity index (χ0v) is 11.8. The second-order valence-corrected chi connectivity index (χ2v) is 5.30. The molecule has 1 N–H and O–H groups in total. The molecule has 0 aromatic carbocycles. The normalized spacial score (nSPS) is 42.1. The van der Waals surface area contributed by atoms with Crippen LogP contribution in [0.1, 0.15) is 20.8 Å². The number of hydrogen-bond donors (Lipinski definition) is 1. The fourth-order valence-corrected chi connectivity index (χ4v) is 2.74. The third kappa shape index (κ3) is 2.33. The molecule has 0 saturated carbocycles. The van der Waals surface area contributed by atoms with Gasteiger partial charge in [0.05, 0.1) is 6.10 Å². The minimum atomic E-state index is -1.14. The Morgan fingerprint density at radius 2 is 2.16 bits per heavy atom. The Kier molecular flexibility index (Phi) is 4.02. The number of fused-ring (bicyclic) bond motifs is 1. The first-order valence-corrected chi connectivity index (χ1v) is 6.32. The third-order valence-electron chi connectivity index (χ3n) is 3.55. The molecule has 0 spiro atoms. The van der Waals surface area contributed by atoms with E-state index in [1.165, 1.54) is 7.11 Å². The van der Waals surface area contributed by atoms with Gasteiger partial charge in [0, 0.05) is 7.11 Å². The van der Waals surface area contributed by atoms with Crippen LogP contribution in [-0.2, 0) is 23.7 Å². The Bertz CT molecular complexity index is 344. The lowest BCUT2D eigenvalue weighted by Gasteiger charge is -2.35. The molecule has 2 heterocycles. The molecule has 6 nitrogen and oxygen atoms in total. The summed E-state index contributed by atoms with van der Waals surface area (Å²) in [5.74, 6) is -0.818. The van der Waals surface area contributed by atoms with Crippen LogP contribution >= 0.6 is 0 Å². The molecule has 19 heavy (non-hydrogen) atoms. The molecule has 5 atom stereocenters. The Morgan fingerprint density at radius 3 is 2.74 bits per heavy atom. The van der Waals surface area contributed by atoms with Crippen LogP contribution in [0.3, 0.4) is 0 Å². The van der Waals surface area contributed by atoms with Gasteiger partial charge in [-0.3, -0.25) is 0 Å². The van der Waals surface area contributed by atoms with E-state index in [2.05, 4.69) is 6.58 Å². The third-order valence-corrected chi connectivity index (χ3v) is 3.55. The van der Waals surface area contributed by atoms with Gasteiger partial charge in [0.1, 0.15) is 19.0 Å². The Morgan fingerprint density at radius 1 is 1.47 bits per heavy atom. The van der Waals surface area contributed by atoms with Crippen molar-refractivity contribution < 1.29 is 28.8 Å². The van der Waals surface area contributed by atoms with Crippen LogP contribution in [0.5, 0.6) is 0 Å². The van der Waals surface area contributed by atoms with Crippen molar-refractivity contribution >= 4 is 0 Å². The maximum atomic E-state index is 10.3. The molecular formula is C13H22O6. The number of aliphatic hydroxyl groups is 1. The maximum Gasteiger partial charge on any atom is 0.190 e. The van der Waals surface area contributed by atoms with E-state index < -0.39 is 36.0 Å². The van der Waals surface area contributed by atoms with E-state index in [0.29, 0.717) is 0 Å². The van der Waals surface area contributed by atoms with Gasteiger partial charge in [-0.2, -0.15) is 0 Å². The van der Waals surface area contributed by atoms with Gasteiger partial charge in [-0.15, -0.1) is 6.58 Å². The Hall–Kier alpha value is -0.500. The van der Waals surface area contributed by atoms with Gasteiger partial charge in [0.25, 0.3) is 0 Å². The molecule has 0 amide bonds. The van der Waals surface area contributed by atoms with Crippen molar-refractivity contribution in [3.05, 3.63) is 12.7 Å². The van der Waals surface area contributed by atoms with Crippen LogP contribution in [0, 0.1) is 0 Å². The van der Waals surface area contributed by atoms with Gasteiger partial charge in [-0.25, -0.2) is 0 Å². The zero-order chi connectivity index (χ0) is 14.3. The Labute approximate surface area is 113 Å². The molecule has 2 aliphatic heterocycles. The van der Waals surface area contributed by atoms with Crippen LogP contribution in [0.4, 0.5) is 0 Å². The molecule has 0 aromatic rings. The van der Waals surface area contributed by atoms with Gasteiger partial charge in [0.2, 0.25) is 0 Å². The quantitative estimate of drug-likeness (QED) is 0.590. The first-order valence-electron chi connectivity index (χ1n) is 6.32. The molecule has 0 bridgehead atoms. The highest BCUT2D eigenvalue weighted by Crippen LogP contribution is 2.48. The Balaban J connectivity index is 2.29. The highest BCUT2D eigenvalue weighted by Gasteiger charge is 2.68. The van der Waals surface area contributed by atoms with Crippen LogP contribution in [0.2, 0.25) is 0 Å². The summed E-state index contributed by atoms with van der Waals surface area (Å²) in [6.45, 7) is 9.19. The van der Waals surface area contributed by atoms with Crippen molar-refractivity contribution in [3.8, 4) is 0 Å². The van der Waals surface area contributed by atoms with Crippen molar-refractivity contribution in [1.82, 2.24) is 0 Å². The van der Waals surface area contributed by atoms with E-state index in [1.54, 1.807) is 26.8 Å². The van der Waals surface area contributed by atoms with E-state index in [-0.39, 0.29) is 6.79 Å². The molecule has 0 aliphatic carbocycles. The summed E-state index contributed by atoms with van der Waals surface area (Å²) in [4.78, 5) is 0. The average Bonchev–Trinajstić information content (AvgIpc) is 2.77. The van der Waals surface area contributed by atoms with E-state index in [1.807, 2.05) is 0 Å². The summed E-state index contributed by atoms with van der Waals surface area (Å²) < 4.78 is 27.7. The van der Waals surface area contributed by atoms with Crippen LogP contribution in [0.25, 0.3) is 0 Å². The summed E-state index contributed by atoms with van der Waals surface area (Å²) >= 11 is 0. The van der Waals surface area contributed by atoms with Crippen molar-refractivity contribution in [2.75, 3.05) is 13.9 Å². The van der Waals surface area contributed by atoms with Gasteiger partial charge in [-0.1, -0.05) is 6.08 Å². The zero-order valence-electron chi connectivity index (χ0n) is 11.8. The fourth-order valence-electron chi connectivity index (χ4n) is 2.74. The number of hydrogen-bond acceptors (Lipinski definition) is 6. The summed E-state index contributed by atoms with van der Waals surface area (Å²) in [6.07, 6.45) is -0.913. The molecule has 2 saturated heterocycles. The summed E-state index contributed by atoms with van der Waals surface area (Å²) in [5, 5.41) is 10.3. The maximum absolute atomic E-state index is 10.3. The van der Waals surface area contributed by atoms with Crippen molar-refractivity contribution in [3.63, 3.8) is 0 Å². The topological polar surface area (TPSA) is 66.4 Å². The predicted octanol–water partition coefficient (Wildman–Crippen LogP) is 0.789. The summed E-state index contributed by atoms with van der Waals surface area (Å²) in [5.41, 5.74) is -1.08. The molecule has 0 radical (unpaired) electrons. The van der Waals surface area contributed by atoms with E-state index >= 15 is 0 Å². The fraction of sp³-hybridized carbons (Fsp3) is 0.846. The number of rotatable bonds is 5. The van der Waals surface area contributed by atoms with Gasteiger partial charge >= 0.3 is 0 Å².